The number of aliphatic carboxylic acids is 2. The number of rotatable bonds is 18. The molecule has 5 atom stereocenters. The molecule has 50 heavy (non-hydrogen) atoms. The zero-order valence-electron chi connectivity index (χ0n) is 27.1. The molecule has 0 radical (unpaired) electrons. The number of para-hydroxylation sites is 1. The van der Waals surface area contributed by atoms with Crippen LogP contribution >= 0.6 is 0 Å². The Morgan fingerprint density at radius 1 is 0.840 bits per heavy atom. The molecule has 7 N–H and O–H groups in total. The summed E-state index contributed by atoms with van der Waals surface area (Å²) >= 11 is -2.66. The Bertz CT molecular complexity index is 1730. The molecule has 4 amide bonds. The zero-order valence-corrected chi connectivity index (χ0v) is 27.9. The third-order valence-electron chi connectivity index (χ3n) is 7.32. The minimum atomic E-state index is -2.66. The Labute approximate surface area is 289 Å². The lowest BCUT2D eigenvalue weighted by atomic mass is 10.00. The van der Waals surface area contributed by atoms with E-state index >= 15 is 0 Å². The first-order chi connectivity index (χ1) is 23.7. The highest BCUT2D eigenvalue weighted by Crippen LogP contribution is 2.20. The number of fused-ring (bicyclic) bond motifs is 1. The first-order valence-electron chi connectivity index (χ1n) is 15.4. The van der Waals surface area contributed by atoms with E-state index in [1.54, 1.807) is 74.6 Å². The molecule has 0 aliphatic heterocycles. The van der Waals surface area contributed by atoms with Gasteiger partial charge in [0.2, 0.25) is 17.7 Å². The Morgan fingerprint density at radius 2 is 1.48 bits per heavy atom. The molecule has 0 saturated heterocycles. The summed E-state index contributed by atoms with van der Waals surface area (Å²) in [5.74, 6) is -6.03. The van der Waals surface area contributed by atoms with Crippen molar-refractivity contribution in [1.29, 1.82) is 0 Å². The largest absolute Gasteiger partial charge is 0.769 e. The van der Waals surface area contributed by atoms with E-state index in [-0.39, 0.29) is 13.0 Å². The highest BCUT2D eigenvalue weighted by Gasteiger charge is 2.33. The van der Waals surface area contributed by atoms with Crippen LogP contribution in [0, 0.1) is 5.92 Å². The second-order valence-electron chi connectivity index (χ2n) is 11.5. The van der Waals surface area contributed by atoms with E-state index in [9.17, 15) is 47.7 Å². The minimum Gasteiger partial charge on any atom is -0.769 e. The van der Waals surface area contributed by atoms with E-state index in [2.05, 4.69) is 26.3 Å². The van der Waals surface area contributed by atoms with Crippen molar-refractivity contribution < 1.29 is 52.5 Å². The molecule has 1 aromatic heterocycles. The molecule has 268 valence electrons. The Morgan fingerprint density at radius 3 is 2.12 bits per heavy atom. The van der Waals surface area contributed by atoms with E-state index in [0.29, 0.717) is 16.5 Å². The van der Waals surface area contributed by atoms with Gasteiger partial charge in [0.25, 0.3) is 0 Å². The van der Waals surface area contributed by atoms with Crippen LogP contribution in [0.3, 0.4) is 0 Å². The lowest BCUT2D eigenvalue weighted by Crippen LogP contribution is -2.59. The highest BCUT2D eigenvalue weighted by atomic mass is 32.2. The third-order valence-corrected chi connectivity index (χ3v) is 7.70. The van der Waals surface area contributed by atoms with E-state index in [0.717, 1.165) is 17.0 Å². The minimum absolute atomic E-state index is 0.133. The number of nitrogens with one attached hydrogen (secondary N) is 5. The van der Waals surface area contributed by atoms with E-state index in [1.807, 2.05) is 0 Å². The summed E-state index contributed by atoms with van der Waals surface area (Å²) in [4.78, 5) is 79.2. The number of carbonyl (C=O) groups excluding carboxylic acids is 4. The number of carbonyl (C=O) groups is 6. The van der Waals surface area contributed by atoms with Gasteiger partial charge in [0, 0.05) is 23.5 Å². The average Bonchev–Trinajstić information content (AvgIpc) is 3.46. The van der Waals surface area contributed by atoms with Crippen molar-refractivity contribution in [1.82, 2.24) is 26.3 Å². The molecular weight excluding hydrogens is 674 g/mol. The number of hydrogen-bond acceptors (Lipinski definition) is 9. The summed E-state index contributed by atoms with van der Waals surface area (Å²) in [5, 5.41) is 29.8. The first-order valence-corrected chi connectivity index (χ1v) is 16.5. The quantitative estimate of drug-likeness (QED) is 0.0929. The van der Waals surface area contributed by atoms with Crippen LogP contribution in [0.15, 0.2) is 72.3 Å². The topological polar surface area (TPSA) is 256 Å². The highest BCUT2D eigenvalue weighted by molar-refractivity contribution is 7.82. The number of amides is 4. The van der Waals surface area contributed by atoms with Crippen molar-refractivity contribution >= 4 is 57.7 Å². The zero-order chi connectivity index (χ0) is 36.8. The fourth-order valence-corrected chi connectivity index (χ4v) is 5.19. The van der Waals surface area contributed by atoms with E-state index in [4.69, 9.17) is 4.74 Å². The Balaban J connectivity index is 1.85. The van der Waals surface area contributed by atoms with Crippen LogP contribution in [0.25, 0.3) is 10.9 Å². The standard InChI is InChI=1S/C33H39N5O11S/c1-19(2)29(32(45)35-22(15-27(39)40)12-13-50(47)48)38-31(44)25(14-21-17-34-24-11-7-6-10-23(21)24)36-30(43)26(16-28(41)42)37-33(46)49-18-20-8-4-3-5-9-20/h3-13,17,19,22,25-26,29,34H,14-16,18H2,1-2H3,(H,35,45)(H,36,43)(H,37,46)(H,38,44)(H,39,40)(H,41,42)(H,47,48)/p-1/b13-12+/t22-,25+,26+,29+/m1/s1. The molecule has 0 aliphatic carbocycles. The smallest absolute Gasteiger partial charge is 0.408 e. The number of hydrogen-bond donors (Lipinski definition) is 7. The molecule has 17 heteroatoms. The van der Waals surface area contributed by atoms with E-state index < -0.39 is 89.8 Å². The average molecular weight is 713 g/mol. The van der Waals surface area contributed by atoms with Crippen LogP contribution in [0.2, 0.25) is 0 Å². The molecule has 1 unspecified atom stereocenters. The van der Waals surface area contributed by atoms with Gasteiger partial charge in [-0.2, -0.15) is 0 Å². The van der Waals surface area contributed by atoms with Crippen LogP contribution in [-0.4, -0.2) is 83.9 Å². The predicted octanol–water partition coefficient (Wildman–Crippen LogP) is 1.46. The molecule has 2 aromatic carbocycles. The number of H-pyrrole nitrogens is 1. The molecule has 0 fully saturated rings. The summed E-state index contributed by atoms with van der Waals surface area (Å²) in [5.41, 5.74) is 1.97. The van der Waals surface area contributed by atoms with Crippen LogP contribution in [0.5, 0.6) is 0 Å². The maximum absolute atomic E-state index is 13.8. The second-order valence-corrected chi connectivity index (χ2v) is 12.3. The SMILES string of the molecule is CC(C)[C@H](NC(=O)[C@H](Cc1c[nH]c2ccccc12)NC(=O)[C@H](CC(=O)O)NC(=O)OCc1ccccc1)C(=O)N[C@H](/C=C/S(=O)[O-])CC(=O)O. The lowest BCUT2D eigenvalue weighted by Gasteiger charge is -2.27. The number of ether oxygens (including phenoxy) is 1. The Kier molecular flexibility index (Phi) is 14.7. The molecular formula is C33H38N5O11S-. The van der Waals surface area contributed by atoms with Gasteiger partial charge in [0.1, 0.15) is 24.7 Å². The van der Waals surface area contributed by atoms with Crippen LogP contribution < -0.4 is 21.3 Å². The van der Waals surface area contributed by atoms with Crippen LogP contribution in [-0.2, 0) is 52.8 Å². The molecule has 0 saturated carbocycles. The van der Waals surface area contributed by atoms with Crippen molar-refractivity contribution in [3.63, 3.8) is 0 Å². The maximum atomic E-state index is 13.8. The van der Waals surface area contributed by atoms with Crippen molar-refractivity contribution in [3.8, 4) is 0 Å². The van der Waals surface area contributed by atoms with Crippen LogP contribution in [0.1, 0.15) is 37.8 Å². The monoisotopic (exact) mass is 712 g/mol. The van der Waals surface area contributed by atoms with Crippen molar-refractivity contribution in [2.75, 3.05) is 0 Å². The van der Waals surface area contributed by atoms with Gasteiger partial charge in [0.05, 0.1) is 18.9 Å². The number of aromatic nitrogens is 1. The van der Waals surface area contributed by atoms with Gasteiger partial charge in [-0.25, -0.2) is 4.79 Å². The third kappa shape index (κ3) is 12.5. The summed E-state index contributed by atoms with van der Waals surface area (Å²) in [6, 6.07) is 10.2. The van der Waals surface area contributed by atoms with Crippen molar-refractivity contribution in [2.45, 2.75) is 63.9 Å². The van der Waals surface area contributed by atoms with Gasteiger partial charge < -0.3 is 45.8 Å². The van der Waals surface area contributed by atoms with Gasteiger partial charge in [-0.05, 0) is 39.6 Å². The molecule has 0 spiro atoms. The maximum Gasteiger partial charge on any atom is 0.408 e. The van der Waals surface area contributed by atoms with Gasteiger partial charge in [-0.15, -0.1) is 0 Å². The molecule has 0 bridgehead atoms. The number of carboxylic acids is 2. The molecule has 3 rings (SSSR count). The lowest BCUT2D eigenvalue weighted by molar-refractivity contribution is -0.140. The number of carboxylic acid groups (broad SMARTS) is 2. The fraction of sp³-hybridized carbons (Fsp3) is 0.333. The number of aromatic amines is 1. The number of alkyl carbamates (subject to hydrolysis) is 1. The van der Waals surface area contributed by atoms with Crippen molar-refractivity contribution in [2.24, 2.45) is 5.92 Å². The summed E-state index contributed by atoms with van der Waals surface area (Å²) < 4.78 is 27.1. The summed E-state index contributed by atoms with van der Waals surface area (Å²) in [6.07, 6.45) is -0.0999. The molecule has 0 aliphatic rings. The predicted molar refractivity (Wildman–Crippen MR) is 179 cm³/mol. The molecule has 16 nitrogen and oxygen atoms in total. The first kappa shape index (κ1) is 38.9. The van der Waals surface area contributed by atoms with Crippen molar-refractivity contribution in [3.05, 3.63) is 83.4 Å². The normalized spacial score (nSPS) is 14.2. The number of benzene rings is 2. The van der Waals surface area contributed by atoms with Gasteiger partial charge in [-0.3, -0.25) is 28.2 Å². The molecule has 1 heterocycles. The van der Waals surface area contributed by atoms with Crippen LogP contribution in [0.4, 0.5) is 4.79 Å². The Hall–Kier alpha value is -5.55. The summed E-state index contributed by atoms with van der Waals surface area (Å²) in [6.45, 7) is 3.04. The second kappa shape index (κ2) is 18.8. The van der Waals surface area contributed by atoms with Gasteiger partial charge in [0.15, 0.2) is 0 Å². The van der Waals surface area contributed by atoms with Gasteiger partial charge >= 0.3 is 18.0 Å². The fourth-order valence-electron chi connectivity index (χ4n) is 4.87. The van der Waals surface area contributed by atoms with Gasteiger partial charge in [-0.1, -0.05) is 68.5 Å². The summed E-state index contributed by atoms with van der Waals surface area (Å²) in [7, 11) is 0. The van der Waals surface area contributed by atoms with E-state index in [1.165, 1.54) is 0 Å². The molecule has 3 aromatic rings.